The average Bonchev–Trinajstić information content (AvgIpc) is 3.80. The first-order valence-corrected chi connectivity index (χ1v) is 20.4. The molecule has 14 nitrogen and oxygen atoms in total. The third-order valence-corrected chi connectivity index (χ3v) is 9.83. The summed E-state index contributed by atoms with van der Waals surface area (Å²) < 4.78 is 133. The molecule has 0 unspecified atom stereocenters. The molecule has 1 aliphatic heterocycles. The Morgan fingerprint density at radius 2 is 1.52 bits per heavy atom. The maximum Gasteiger partial charge on any atom is 0.490 e. The predicted octanol–water partition coefficient (Wildman–Crippen LogP) is 5.97. The Labute approximate surface area is 347 Å². The van der Waals surface area contributed by atoms with Gasteiger partial charge in [-0.1, -0.05) is 30.3 Å². The van der Waals surface area contributed by atoms with Gasteiger partial charge in [-0.05, 0) is 88.2 Å². The highest BCUT2D eigenvalue weighted by Crippen LogP contribution is 2.34. The van der Waals surface area contributed by atoms with Gasteiger partial charge in [0.05, 0.1) is 23.1 Å². The lowest BCUT2D eigenvalue weighted by molar-refractivity contribution is -0.661. The number of rotatable bonds is 13. The van der Waals surface area contributed by atoms with Gasteiger partial charge in [0, 0.05) is 17.9 Å². The molecule has 3 heterocycles. The number of hydrogen-bond donors (Lipinski definition) is 4. The summed E-state index contributed by atoms with van der Waals surface area (Å²) in [6, 6.07) is 17.0. The zero-order chi connectivity index (χ0) is 46.0. The summed E-state index contributed by atoms with van der Waals surface area (Å²) in [7, 11) is -4.08. The fraction of sp³-hybridized carbons (Fsp3) is 0.472. The lowest BCUT2D eigenvalue weighted by Crippen LogP contribution is -2.33. The lowest BCUT2D eigenvalue weighted by atomic mass is 9.95. The van der Waals surface area contributed by atoms with Crippen LogP contribution >= 0.6 is 11.3 Å². The van der Waals surface area contributed by atoms with Crippen LogP contribution in [0.15, 0.2) is 60.1 Å². The van der Waals surface area contributed by atoms with Crippen molar-refractivity contribution in [3.05, 3.63) is 77.1 Å². The van der Waals surface area contributed by atoms with Crippen molar-refractivity contribution < 1.29 is 81.7 Å². The Morgan fingerprint density at radius 3 is 2.05 bits per heavy atom. The number of carboxylic acids is 2. The van der Waals surface area contributed by atoms with Crippen LogP contribution in [0, 0.1) is 5.92 Å². The van der Waals surface area contributed by atoms with E-state index >= 15 is 0 Å². The van der Waals surface area contributed by atoms with Gasteiger partial charge in [-0.3, -0.25) is 0 Å². The van der Waals surface area contributed by atoms with Crippen LogP contribution in [0.25, 0.3) is 16.3 Å². The van der Waals surface area contributed by atoms with E-state index in [0.29, 0.717) is 6.61 Å². The minimum Gasteiger partial charge on any atom is -0.741 e. The van der Waals surface area contributed by atoms with E-state index in [9.17, 15) is 39.5 Å². The highest BCUT2D eigenvalue weighted by Gasteiger charge is 2.39. The van der Waals surface area contributed by atoms with Crippen molar-refractivity contribution in [2.45, 2.75) is 69.2 Å². The normalized spacial score (nSPS) is 13.4. The second-order valence-electron chi connectivity index (χ2n) is 13.0. The van der Waals surface area contributed by atoms with Gasteiger partial charge in [0.15, 0.2) is 27.7 Å². The third-order valence-electron chi connectivity index (χ3n) is 8.34. The highest BCUT2D eigenvalue weighted by atomic mass is 32.2. The standard InChI is InChI=1S/C31H41N6OS.2C2HF3O2.CHF3O3S/c1-36-28(9-5-6-17-32)22-37(35-36)27-12-13-29(30(21-27)38-20-16-25-14-18-33-19-15-25)31-34-26(23-39-31)11-10-24-7-3-2-4-8-24;2*3-2(4,5)1(6)7;2-1(3,4)8(5,6)7/h2-4,7-8,12-13,21-23,25,33H,5-6,9-11,14-20,32H2,1H3;2*(H,6,7);(H,5,6,7)/q+1;;;/p-1. The molecule has 0 bridgehead atoms. The van der Waals surface area contributed by atoms with E-state index in [2.05, 4.69) is 65.4 Å². The van der Waals surface area contributed by atoms with Crippen LogP contribution in [0.3, 0.4) is 0 Å². The van der Waals surface area contributed by atoms with Crippen LogP contribution in [0.2, 0.25) is 0 Å². The van der Waals surface area contributed by atoms with E-state index in [-0.39, 0.29) is 0 Å². The van der Waals surface area contributed by atoms with Gasteiger partial charge < -0.3 is 30.6 Å². The van der Waals surface area contributed by atoms with Crippen molar-refractivity contribution >= 4 is 33.4 Å². The molecule has 0 aliphatic carbocycles. The molecule has 61 heavy (non-hydrogen) atoms. The highest BCUT2D eigenvalue weighted by molar-refractivity contribution is 7.86. The summed E-state index contributed by atoms with van der Waals surface area (Å²) in [5.74, 6) is -3.91. The SMILES string of the molecule is Cn1n[n+](-c2ccc(-c3nc(CCc4ccccc4)cs3)c(OCCC3CCNCC3)c2)cc1CCCCN.O=C(O)C(F)(F)F.O=C(O)C(F)(F)F.O=S(=O)([O-])C(F)(F)F. The van der Waals surface area contributed by atoms with Crippen LogP contribution in [0.5, 0.6) is 5.75 Å². The van der Waals surface area contributed by atoms with Gasteiger partial charge in [0.1, 0.15) is 17.8 Å². The number of alkyl halides is 9. The number of halogens is 9. The summed E-state index contributed by atoms with van der Waals surface area (Å²) in [4.78, 5) is 22.8. The number of hydrogen-bond acceptors (Lipinski definition) is 11. The molecule has 0 spiro atoms. The number of nitrogens with zero attached hydrogens (tertiary/aromatic N) is 4. The van der Waals surface area contributed by atoms with Crippen LogP contribution < -0.4 is 20.5 Å². The molecular formula is C36H43F9N6O8S2. The summed E-state index contributed by atoms with van der Waals surface area (Å²) in [5.41, 5.74) is 5.76. The Kier molecular flexibility index (Phi) is 20.5. The minimum atomic E-state index is -6.09. The number of aryl methyl sites for hydroxylation is 4. The first kappa shape index (κ1) is 52.3. The topological polar surface area (TPSA) is 214 Å². The number of carboxylic acid groups (broad SMARTS) is 2. The van der Waals surface area contributed by atoms with Gasteiger partial charge in [-0.25, -0.2) is 23.0 Å². The van der Waals surface area contributed by atoms with E-state index in [1.54, 1.807) is 11.3 Å². The quantitative estimate of drug-likeness (QED) is 0.0401. The fourth-order valence-electron chi connectivity index (χ4n) is 5.17. The Balaban J connectivity index is 0.000000477. The maximum absolute atomic E-state index is 10.7. The Hall–Kier alpha value is -4.85. The zero-order valence-corrected chi connectivity index (χ0v) is 33.9. The van der Waals surface area contributed by atoms with E-state index in [1.807, 2.05) is 16.4 Å². The number of piperidine rings is 1. The van der Waals surface area contributed by atoms with Crippen LogP contribution in [-0.4, -0.2) is 94.1 Å². The van der Waals surface area contributed by atoms with Crippen LogP contribution in [0.1, 0.15) is 49.1 Å². The molecule has 1 saturated heterocycles. The minimum absolute atomic E-state index is 0.713. The molecule has 0 atom stereocenters. The van der Waals surface area contributed by atoms with Gasteiger partial charge in [0.2, 0.25) is 0 Å². The molecule has 5 rings (SSSR count). The van der Waals surface area contributed by atoms with E-state index < -0.39 is 39.9 Å². The molecule has 1 fully saturated rings. The van der Waals surface area contributed by atoms with Gasteiger partial charge in [-0.2, -0.15) is 39.5 Å². The first-order chi connectivity index (χ1) is 28.3. The number of aromatic nitrogens is 4. The molecule has 0 radical (unpaired) electrons. The van der Waals surface area contributed by atoms with Crippen molar-refractivity contribution in [3.8, 4) is 22.0 Å². The largest absolute Gasteiger partial charge is 0.741 e. The monoisotopic (exact) mass is 922 g/mol. The van der Waals surface area contributed by atoms with Crippen molar-refractivity contribution in [2.75, 3.05) is 26.2 Å². The number of nitrogens with one attached hydrogen (secondary N) is 1. The second-order valence-corrected chi connectivity index (χ2v) is 15.2. The zero-order valence-electron chi connectivity index (χ0n) is 32.3. The molecule has 0 amide bonds. The molecule has 0 saturated carbocycles. The Morgan fingerprint density at radius 1 is 0.951 bits per heavy atom. The van der Waals surface area contributed by atoms with E-state index in [1.165, 1.54) is 24.1 Å². The summed E-state index contributed by atoms with van der Waals surface area (Å²) in [5, 5.41) is 25.6. The average molecular weight is 923 g/mol. The molecule has 25 heteroatoms. The number of benzene rings is 2. The third kappa shape index (κ3) is 19.2. The van der Waals surface area contributed by atoms with Crippen molar-refractivity contribution in [2.24, 2.45) is 18.7 Å². The maximum atomic E-state index is 10.7. The van der Waals surface area contributed by atoms with Crippen molar-refractivity contribution in [1.82, 2.24) is 20.2 Å². The number of nitrogens with two attached hydrogens (primary N) is 1. The number of thiazole rings is 1. The number of carbonyl (C=O) groups is 2. The van der Waals surface area contributed by atoms with Crippen LogP contribution in [-0.2, 0) is 46.0 Å². The molecule has 1 aliphatic rings. The van der Waals surface area contributed by atoms with Crippen LogP contribution in [0.4, 0.5) is 39.5 Å². The van der Waals surface area contributed by atoms with Gasteiger partial charge in [0.25, 0.3) is 0 Å². The van der Waals surface area contributed by atoms with E-state index in [4.69, 9.17) is 53.4 Å². The number of unbranched alkanes of at least 4 members (excludes halogenated alkanes) is 1. The summed E-state index contributed by atoms with van der Waals surface area (Å²) in [6.07, 6.45) is 0.466. The fourth-order valence-corrected chi connectivity index (χ4v) is 6.06. The van der Waals surface area contributed by atoms with Crippen molar-refractivity contribution in [1.29, 1.82) is 0 Å². The number of ether oxygens (including phenoxy) is 1. The lowest BCUT2D eigenvalue weighted by Gasteiger charge is -2.22. The van der Waals surface area contributed by atoms with Gasteiger partial charge >= 0.3 is 29.8 Å². The molecule has 5 N–H and O–H groups in total. The molecule has 340 valence electrons. The van der Waals surface area contributed by atoms with Crippen molar-refractivity contribution in [3.63, 3.8) is 0 Å². The smallest absolute Gasteiger partial charge is 0.490 e. The first-order valence-electron chi connectivity index (χ1n) is 18.1. The molecule has 2 aromatic carbocycles. The Bertz CT molecular complexity index is 2050. The summed E-state index contributed by atoms with van der Waals surface area (Å²) in [6.45, 7) is 3.66. The number of aliphatic carboxylic acids is 2. The summed E-state index contributed by atoms with van der Waals surface area (Å²) >= 11 is 1.70. The van der Waals surface area contributed by atoms with Gasteiger partial charge in [-0.15, -0.1) is 20.7 Å². The van der Waals surface area contributed by atoms with E-state index in [0.717, 1.165) is 91.8 Å². The molecular weight excluding hydrogens is 880 g/mol. The molecule has 4 aromatic rings. The second kappa shape index (κ2) is 24.0. The predicted molar refractivity (Wildman–Crippen MR) is 201 cm³/mol. The molecule has 2 aromatic heterocycles.